The predicted molar refractivity (Wildman–Crippen MR) is 64.4 cm³/mol. The molecule has 0 aliphatic carbocycles. The number of allylic oxidation sites excluding steroid dienone is 1. The van der Waals surface area contributed by atoms with Crippen molar-refractivity contribution >= 4 is 17.4 Å². The SMILES string of the molecule is Cc1ccc(S(=O)(=O)C=CCP(=O)(O)O)cc1. The fourth-order valence-electron chi connectivity index (χ4n) is 1.11. The minimum Gasteiger partial charge on any atom is -0.324 e. The van der Waals surface area contributed by atoms with Crippen LogP contribution in [0.15, 0.2) is 40.6 Å². The van der Waals surface area contributed by atoms with Crippen molar-refractivity contribution in [2.24, 2.45) is 0 Å². The molecule has 0 bridgehead atoms. The average molecular weight is 276 g/mol. The number of rotatable bonds is 4. The van der Waals surface area contributed by atoms with Crippen molar-refractivity contribution in [1.29, 1.82) is 0 Å². The summed E-state index contributed by atoms with van der Waals surface area (Å²) in [5.41, 5.74) is 0.933. The smallest absolute Gasteiger partial charge is 0.324 e. The van der Waals surface area contributed by atoms with Gasteiger partial charge in [0.05, 0.1) is 11.1 Å². The number of sulfone groups is 1. The molecule has 0 aliphatic heterocycles. The van der Waals surface area contributed by atoms with Crippen LogP contribution >= 0.6 is 7.60 Å². The third-order valence-electron chi connectivity index (χ3n) is 1.97. The first-order chi connectivity index (χ1) is 7.71. The van der Waals surface area contributed by atoms with Crippen molar-refractivity contribution in [1.82, 2.24) is 0 Å². The summed E-state index contributed by atoms with van der Waals surface area (Å²) in [5.74, 6) is 0. The molecule has 17 heavy (non-hydrogen) atoms. The van der Waals surface area contributed by atoms with Gasteiger partial charge in [0.15, 0.2) is 9.84 Å². The number of hydrogen-bond acceptors (Lipinski definition) is 3. The van der Waals surface area contributed by atoms with E-state index < -0.39 is 23.6 Å². The Balaban J connectivity index is 2.90. The highest BCUT2D eigenvalue weighted by atomic mass is 32.2. The van der Waals surface area contributed by atoms with Crippen LogP contribution in [0.4, 0.5) is 0 Å². The lowest BCUT2D eigenvalue weighted by Crippen LogP contribution is -1.96. The average Bonchev–Trinajstić information content (AvgIpc) is 2.15. The summed E-state index contributed by atoms with van der Waals surface area (Å²) < 4.78 is 33.9. The molecule has 0 saturated heterocycles. The van der Waals surface area contributed by atoms with Crippen LogP contribution in [0.2, 0.25) is 0 Å². The van der Waals surface area contributed by atoms with Gasteiger partial charge in [-0.05, 0) is 19.1 Å². The molecule has 0 fully saturated rings. The second kappa shape index (κ2) is 5.14. The van der Waals surface area contributed by atoms with E-state index in [9.17, 15) is 13.0 Å². The first-order valence-electron chi connectivity index (χ1n) is 4.73. The molecule has 0 aromatic heterocycles. The van der Waals surface area contributed by atoms with Gasteiger partial charge in [0.25, 0.3) is 0 Å². The monoisotopic (exact) mass is 276 g/mol. The van der Waals surface area contributed by atoms with E-state index in [1.807, 2.05) is 6.92 Å². The van der Waals surface area contributed by atoms with Crippen molar-refractivity contribution in [2.45, 2.75) is 11.8 Å². The van der Waals surface area contributed by atoms with Crippen LogP contribution in [0.25, 0.3) is 0 Å². The largest absolute Gasteiger partial charge is 0.329 e. The Hall–Kier alpha value is -0.940. The van der Waals surface area contributed by atoms with Gasteiger partial charge in [0, 0.05) is 5.41 Å². The molecule has 1 aromatic carbocycles. The fraction of sp³-hybridized carbons (Fsp3) is 0.200. The van der Waals surface area contributed by atoms with Gasteiger partial charge in [-0.15, -0.1) is 0 Å². The van der Waals surface area contributed by atoms with E-state index >= 15 is 0 Å². The lowest BCUT2D eigenvalue weighted by atomic mass is 10.2. The lowest BCUT2D eigenvalue weighted by molar-refractivity contribution is 0.377. The van der Waals surface area contributed by atoms with E-state index in [1.165, 1.54) is 12.1 Å². The zero-order chi connectivity index (χ0) is 13.1. The fourth-order valence-corrected chi connectivity index (χ4v) is 2.66. The number of benzene rings is 1. The van der Waals surface area contributed by atoms with Crippen molar-refractivity contribution < 1.29 is 22.8 Å². The second-order valence-corrected chi connectivity index (χ2v) is 7.11. The molecular weight excluding hydrogens is 263 g/mol. The normalized spacial score (nSPS) is 13.1. The Kier molecular flexibility index (Phi) is 4.27. The summed E-state index contributed by atoms with van der Waals surface area (Å²) in [6, 6.07) is 6.21. The van der Waals surface area contributed by atoms with Gasteiger partial charge in [-0.2, -0.15) is 0 Å². The van der Waals surface area contributed by atoms with Gasteiger partial charge >= 0.3 is 7.60 Å². The molecule has 94 valence electrons. The highest BCUT2D eigenvalue weighted by Crippen LogP contribution is 2.34. The predicted octanol–water partition coefficient (Wildman–Crippen LogP) is 1.46. The third-order valence-corrected chi connectivity index (χ3v) is 4.13. The van der Waals surface area contributed by atoms with Crippen LogP contribution < -0.4 is 0 Å². The number of hydrogen-bond donors (Lipinski definition) is 2. The molecule has 0 unspecified atom stereocenters. The van der Waals surface area contributed by atoms with Gasteiger partial charge < -0.3 is 9.79 Å². The first kappa shape index (κ1) is 14.1. The highest BCUT2D eigenvalue weighted by Gasteiger charge is 2.12. The van der Waals surface area contributed by atoms with E-state index in [1.54, 1.807) is 12.1 Å². The molecule has 0 aliphatic rings. The van der Waals surface area contributed by atoms with E-state index in [-0.39, 0.29) is 4.90 Å². The molecule has 5 nitrogen and oxygen atoms in total. The Labute approximate surface area is 99.9 Å². The molecule has 1 rings (SSSR count). The maximum atomic E-state index is 11.7. The molecule has 0 atom stereocenters. The summed E-state index contributed by atoms with van der Waals surface area (Å²) in [4.78, 5) is 17.3. The standard InChI is InChI=1S/C10H13O5PS/c1-9-3-5-10(6-4-9)17(14,15)8-2-7-16(11,12)13/h2-6,8H,7H2,1H3,(H2,11,12,13). The maximum Gasteiger partial charge on any atom is 0.329 e. The molecule has 0 spiro atoms. The van der Waals surface area contributed by atoms with Crippen LogP contribution in [-0.4, -0.2) is 24.4 Å². The van der Waals surface area contributed by atoms with E-state index in [0.717, 1.165) is 17.0 Å². The third kappa shape index (κ3) is 4.83. The maximum absolute atomic E-state index is 11.7. The molecule has 0 amide bonds. The van der Waals surface area contributed by atoms with Gasteiger partial charge in [-0.1, -0.05) is 23.8 Å². The summed E-state index contributed by atoms with van der Waals surface area (Å²) in [6.07, 6.45) is 0.383. The molecule has 2 N–H and O–H groups in total. The Morgan fingerprint density at radius 2 is 1.76 bits per heavy atom. The minimum absolute atomic E-state index is 0.102. The topological polar surface area (TPSA) is 91.7 Å². The van der Waals surface area contributed by atoms with Crippen molar-refractivity contribution in [3.05, 3.63) is 41.3 Å². The van der Waals surface area contributed by atoms with Crippen LogP contribution in [0.5, 0.6) is 0 Å². The van der Waals surface area contributed by atoms with Gasteiger partial charge in [0.2, 0.25) is 0 Å². The Morgan fingerprint density at radius 3 is 2.24 bits per heavy atom. The summed E-state index contributed by atoms with van der Waals surface area (Å²) in [6.45, 7) is 1.83. The van der Waals surface area contributed by atoms with Crippen molar-refractivity contribution in [3.8, 4) is 0 Å². The van der Waals surface area contributed by atoms with E-state index in [0.29, 0.717) is 0 Å². The van der Waals surface area contributed by atoms with Crippen LogP contribution in [0.3, 0.4) is 0 Å². The molecule has 0 radical (unpaired) electrons. The Morgan fingerprint density at radius 1 is 1.24 bits per heavy atom. The highest BCUT2D eigenvalue weighted by molar-refractivity contribution is 7.94. The van der Waals surface area contributed by atoms with Crippen molar-refractivity contribution in [2.75, 3.05) is 6.16 Å². The van der Waals surface area contributed by atoms with Crippen LogP contribution in [0.1, 0.15) is 5.56 Å². The van der Waals surface area contributed by atoms with E-state index in [2.05, 4.69) is 0 Å². The quantitative estimate of drug-likeness (QED) is 0.812. The molecule has 0 saturated carbocycles. The molecular formula is C10H13O5PS. The summed E-state index contributed by atoms with van der Waals surface area (Å²) >= 11 is 0. The van der Waals surface area contributed by atoms with E-state index in [4.69, 9.17) is 9.79 Å². The molecule has 1 aromatic rings. The zero-order valence-corrected chi connectivity index (χ0v) is 10.9. The first-order valence-corrected chi connectivity index (χ1v) is 8.08. The Bertz CT molecular complexity index is 553. The van der Waals surface area contributed by atoms with Crippen LogP contribution in [0, 0.1) is 6.92 Å². The number of aryl methyl sites for hydroxylation is 1. The van der Waals surface area contributed by atoms with Gasteiger partial charge in [-0.25, -0.2) is 8.42 Å². The summed E-state index contributed by atoms with van der Waals surface area (Å²) in [7, 11) is -7.83. The zero-order valence-electron chi connectivity index (χ0n) is 9.15. The minimum atomic E-state index is -4.20. The lowest BCUT2D eigenvalue weighted by Gasteiger charge is -2.00. The second-order valence-electron chi connectivity index (χ2n) is 3.58. The molecule has 7 heteroatoms. The van der Waals surface area contributed by atoms with Gasteiger partial charge in [0.1, 0.15) is 0 Å². The van der Waals surface area contributed by atoms with Gasteiger partial charge in [-0.3, -0.25) is 4.57 Å². The van der Waals surface area contributed by atoms with Crippen molar-refractivity contribution in [3.63, 3.8) is 0 Å². The van der Waals surface area contributed by atoms with Crippen LogP contribution in [-0.2, 0) is 14.4 Å². The summed E-state index contributed by atoms with van der Waals surface area (Å²) in [5, 5.41) is 0.816. The molecule has 0 heterocycles.